The second-order valence-electron chi connectivity index (χ2n) is 5.28. The van der Waals surface area contributed by atoms with Gasteiger partial charge < -0.3 is 11.1 Å². The zero-order valence-corrected chi connectivity index (χ0v) is 14.0. The average Bonchev–Trinajstić information content (AvgIpc) is 2.87. The fraction of sp³-hybridized carbons (Fsp3) is 0.533. The Labute approximate surface area is 135 Å². The van der Waals surface area contributed by atoms with Crippen LogP contribution in [0.5, 0.6) is 0 Å². The third-order valence-electron chi connectivity index (χ3n) is 4.03. The van der Waals surface area contributed by atoms with Crippen LogP contribution in [0.25, 0.3) is 0 Å². The standard InChI is InChI=1S/C15H21BrN2O.ClH/c1-10(12-6-2-3-8-14(12)16)18-15(19)13-7-4-5-11(13)9-17;/h2-3,6,8,10-11,13H,4-5,7,9,17H2,1H3,(H,18,19);1H/t10?,11-,13-;/m1./s1. The van der Waals surface area contributed by atoms with E-state index in [1.807, 2.05) is 31.2 Å². The minimum absolute atomic E-state index is 0. The van der Waals surface area contributed by atoms with Gasteiger partial charge in [0.15, 0.2) is 0 Å². The van der Waals surface area contributed by atoms with Crippen molar-refractivity contribution in [3.63, 3.8) is 0 Å². The van der Waals surface area contributed by atoms with Crippen LogP contribution in [0, 0.1) is 11.8 Å². The highest BCUT2D eigenvalue weighted by molar-refractivity contribution is 9.10. The zero-order valence-electron chi connectivity index (χ0n) is 11.6. The highest BCUT2D eigenvalue weighted by Crippen LogP contribution is 2.32. The molecular formula is C15H22BrClN2O. The van der Waals surface area contributed by atoms with Crippen LogP contribution < -0.4 is 11.1 Å². The average molecular weight is 362 g/mol. The maximum Gasteiger partial charge on any atom is 0.223 e. The van der Waals surface area contributed by atoms with Crippen LogP contribution >= 0.6 is 28.3 Å². The van der Waals surface area contributed by atoms with Crippen LogP contribution in [-0.2, 0) is 4.79 Å². The lowest BCUT2D eigenvalue weighted by atomic mass is 9.94. The molecule has 0 bridgehead atoms. The number of nitrogens with one attached hydrogen (secondary N) is 1. The first-order valence-electron chi connectivity index (χ1n) is 6.88. The number of hydrogen-bond acceptors (Lipinski definition) is 2. The number of carbonyl (C=O) groups excluding carboxylic acids is 1. The predicted octanol–water partition coefficient (Wildman–Crippen LogP) is 3.42. The highest BCUT2D eigenvalue weighted by atomic mass is 79.9. The molecule has 0 saturated heterocycles. The van der Waals surface area contributed by atoms with Gasteiger partial charge in [-0.3, -0.25) is 4.79 Å². The molecule has 1 aliphatic rings. The molecule has 1 amide bonds. The Morgan fingerprint density at radius 2 is 2.15 bits per heavy atom. The Kier molecular flexibility index (Phi) is 7.00. The van der Waals surface area contributed by atoms with Gasteiger partial charge in [-0.05, 0) is 43.9 Å². The van der Waals surface area contributed by atoms with Crippen LogP contribution in [-0.4, -0.2) is 12.5 Å². The number of hydrogen-bond donors (Lipinski definition) is 2. The van der Waals surface area contributed by atoms with Gasteiger partial charge >= 0.3 is 0 Å². The molecule has 0 spiro atoms. The Morgan fingerprint density at radius 1 is 1.45 bits per heavy atom. The van der Waals surface area contributed by atoms with E-state index in [1.165, 1.54) is 0 Å². The van der Waals surface area contributed by atoms with Gasteiger partial charge in [-0.15, -0.1) is 12.4 Å². The van der Waals surface area contributed by atoms with Gasteiger partial charge in [0.2, 0.25) is 5.91 Å². The largest absolute Gasteiger partial charge is 0.349 e. The Hall–Kier alpha value is -0.580. The van der Waals surface area contributed by atoms with Gasteiger partial charge in [-0.2, -0.15) is 0 Å². The molecule has 1 saturated carbocycles. The number of nitrogens with two attached hydrogens (primary N) is 1. The van der Waals surface area contributed by atoms with E-state index in [4.69, 9.17) is 5.73 Å². The summed E-state index contributed by atoms with van der Waals surface area (Å²) in [6, 6.07) is 8.01. The Bertz CT molecular complexity index is 455. The summed E-state index contributed by atoms with van der Waals surface area (Å²) in [4.78, 5) is 12.3. The molecule has 20 heavy (non-hydrogen) atoms. The lowest BCUT2D eigenvalue weighted by Gasteiger charge is -2.21. The third-order valence-corrected chi connectivity index (χ3v) is 4.75. The Morgan fingerprint density at radius 3 is 2.80 bits per heavy atom. The van der Waals surface area contributed by atoms with E-state index >= 15 is 0 Å². The lowest BCUT2D eigenvalue weighted by Crippen LogP contribution is -2.36. The molecule has 1 unspecified atom stereocenters. The number of halogens is 2. The topological polar surface area (TPSA) is 55.1 Å². The normalized spacial score (nSPS) is 22.9. The van der Waals surface area contributed by atoms with Crippen molar-refractivity contribution in [3.05, 3.63) is 34.3 Å². The van der Waals surface area contributed by atoms with E-state index in [9.17, 15) is 4.79 Å². The van der Waals surface area contributed by atoms with Crippen LogP contribution in [0.15, 0.2) is 28.7 Å². The van der Waals surface area contributed by atoms with E-state index in [0.717, 1.165) is 29.3 Å². The van der Waals surface area contributed by atoms with Crippen LogP contribution in [0.3, 0.4) is 0 Å². The van der Waals surface area contributed by atoms with Crippen LogP contribution in [0.2, 0.25) is 0 Å². The molecule has 1 aromatic rings. The molecule has 5 heteroatoms. The van der Waals surface area contributed by atoms with E-state index in [0.29, 0.717) is 12.5 Å². The molecular weight excluding hydrogens is 340 g/mol. The summed E-state index contributed by atoms with van der Waals surface area (Å²) < 4.78 is 1.03. The molecule has 3 nitrogen and oxygen atoms in total. The molecule has 1 fully saturated rings. The van der Waals surface area contributed by atoms with Crippen LogP contribution in [0.1, 0.15) is 37.8 Å². The second kappa shape index (κ2) is 8.01. The van der Waals surface area contributed by atoms with E-state index in [-0.39, 0.29) is 30.3 Å². The molecule has 0 heterocycles. The van der Waals surface area contributed by atoms with E-state index in [1.54, 1.807) is 0 Å². The lowest BCUT2D eigenvalue weighted by molar-refractivity contribution is -0.126. The van der Waals surface area contributed by atoms with Gasteiger partial charge in [0, 0.05) is 10.4 Å². The van der Waals surface area contributed by atoms with Crippen molar-refractivity contribution in [2.24, 2.45) is 17.6 Å². The van der Waals surface area contributed by atoms with Crippen molar-refractivity contribution in [2.45, 2.75) is 32.2 Å². The second-order valence-corrected chi connectivity index (χ2v) is 6.14. The van der Waals surface area contributed by atoms with Gasteiger partial charge in [-0.25, -0.2) is 0 Å². The zero-order chi connectivity index (χ0) is 13.8. The van der Waals surface area contributed by atoms with Gasteiger partial charge in [0.05, 0.1) is 6.04 Å². The van der Waals surface area contributed by atoms with Crippen molar-refractivity contribution < 1.29 is 4.79 Å². The third kappa shape index (κ3) is 3.96. The fourth-order valence-corrected chi connectivity index (χ4v) is 3.52. The molecule has 1 aliphatic carbocycles. The molecule has 112 valence electrons. The Balaban J connectivity index is 0.00000200. The first-order chi connectivity index (χ1) is 9.13. The summed E-state index contributed by atoms with van der Waals surface area (Å²) in [5, 5.41) is 3.12. The minimum atomic E-state index is 0. The number of benzene rings is 1. The van der Waals surface area contributed by atoms with Crippen LogP contribution in [0.4, 0.5) is 0 Å². The summed E-state index contributed by atoms with van der Waals surface area (Å²) in [6.07, 6.45) is 3.16. The molecule has 0 aromatic heterocycles. The van der Waals surface area contributed by atoms with Crippen molar-refractivity contribution in [1.29, 1.82) is 0 Å². The van der Waals surface area contributed by atoms with Crippen molar-refractivity contribution in [1.82, 2.24) is 5.32 Å². The molecule has 2 rings (SSSR count). The summed E-state index contributed by atoms with van der Waals surface area (Å²) in [5.41, 5.74) is 6.85. The summed E-state index contributed by atoms with van der Waals surface area (Å²) in [6.45, 7) is 2.63. The number of carbonyl (C=O) groups is 1. The van der Waals surface area contributed by atoms with E-state index < -0.39 is 0 Å². The van der Waals surface area contributed by atoms with E-state index in [2.05, 4.69) is 21.2 Å². The SMILES string of the molecule is CC(NC(=O)[C@@H]1CCC[C@@H]1CN)c1ccccc1Br.Cl. The maximum atomic E-state index is 12.3. The van der Waals surface area contributed by atoms with Gasteiger partial charge in [0.25, 0.3) is 0 Å². The van der Waals surface area contributed by atoms with Crippen molar-refractivity contribution in [2.75, 3.05) is 6.54 Å². The number of amides is 1. The monoisotopic (exact) mass is 360 g/mol. The van der Waals surface area contributed by atoms with Crippen molar-refractivity contribution >= 4 is 34.2 Å². The molecule has 1 aromatic carbocycles. The predicted molar refractivity (Wildman–Crippen MR) is 87.8 cm³/mol. The first-order valence-corrected chi connectivity index (χ1v) is 7.67. The highest BCUT2D eigenvalue weighted by Gasteiger charge is 2.32. The van der Waals surface area contributed by atoms with Crippen molar-refractivity contribution in [3.8, 4) is 0 Å². The molecule has 0 aliphatic heterocycles. The summed E-state index contributed by atoms with van der Waals surface area (Å²) in [7, 11) is 0. The fourth-order valence-electron chi connectivity index (χ4n) is 2.89. The van der Waals surface area contributed by atoms with Gasteiger partial charge in [-0.1, -0.05) is 40.5 Å². The molecule has 3 atom stereocenters. The van der Waals surface area contributed by atoms with Gasteiger partial charge in [0.1, 0.15) is 0 Å². The minimum Gasteiger partial charge on any atom is -0.349 e. The maximum absolute atomic E-state index is 12.3. The summed E-state index contributed by atoms with van der Waals surface area (Å²) >= 11 is 3.52. The first kappa shape index (κ1) is 17.5. The molecule has 0 radical (unpaired) electrons. The smallest absolute Gasteiger partial charge is 0.223 e. The number of rotatable bonds is 4. The summed E-state index contributed by atoms with van der Waals surface area (Å²) in [5.74, 6) is 0.595. The quantitative estimate of drug-likeness (QED) is 0.863. The molecule has 3 N–H and O–H groups in total.